The molecule has 12 heteroatoms. The molecule has 11 nitrogen and oxygen atoms in total. The molecule has 3 aromatic rings. The van der Waals surface area contributed by atoms with Crippen LogP contribution in [0.4, 0.5) is 22.0 Å². The van der Waals surface area contributed by atoms with Gasteiger partial charge in [0.2, 0.25) is 0 Å². The first kappa shape index (κ1) is 33.5. The lowest BCUT2D eigenvalue weighted by Crippen LogP contribution is -2.40. The molecule has 3 amide bonds. The van der Waals surface area contributed by atoms with Gasteiger partial charge in [0.25, 0.3) is 11.8 Å². The summed E-state index contributed by atoms with van der Waals surface area (Å²) in [5.74, 6) is -0.204. The predicted octanol–water partition coefficient (Wildman–Crippen LogP) is 6.01. The highest BCUT2D eigenvalue weighted by molar-refractivity contribution is 6.30. The van der Waals surface area contributed by atoms with Crippen molar-refractivity contribution in [3.63, 3.8) is 0 Å². The number of anilines is 3. The number of ether oxygens (including phenoxy) is 3. The molecule has 2 heterocycles. The Labute approximate surface area is 268 Å². The molecule has 1 aromatic heterocycles. The maximum atomic E-state index is 13.7. The van der Waals surface area contributed by atoms with Crippen LogP contribution in [0.1, 0.15) is 55.3 Å². The lowest BCUT2D eigenvalue weighted by atomic mass is 9.95. The smallest absolute Gasteiger partial charge is 0.407 e. The van der Waals surface area contributed by atoms with Crippen molar-refractivity contribution in [2.45, 2.75) is 40.2 Å². The molecule has 1 aliphatic rings. The summed E-state index contributed by atoms with van der Waals surface area (Å²) in [6.07, 6.45) is 0.918. The third-order valence-corrected chi connectivity index (χ3v) is 6.93. The number of nitrogens with zero attached hydrogens (tertiary/aromatic N) is 2. The largest absolute Gasteiger partial charge is 0.492 e. The number of aromatic nitrogens is 1. The van der Waals surface area contributed by atoms with Gasteiger partial charge in [-0.1, -0.05) is 37.6 Å². The SMILES string of the molecule is CC(C)(CNC(=O)OC(C)(C)C)COc1cc(N2CCOCC2)ccc1C(=O)Nc1ccccc1C(=O)Nc1ccc(Cl)cn1. The van der Waals surface area contributed by atoms with Crippen molar-refractivity contribution in [1.29, 1.82) is 0 Å². The lowest BCUT2D eigenvalue weighted by molar-refractivity contribution is 0.0492. The molecule has 45 heavy (non-hydrogen) atoms. The summed E-state index contributed by atoms with van der Waals surface area (Å²) in [4.78, 5) is 45.3. The Bertz CT molecular complexity index is 1500. The minimum absolute atomic E-state index is 0.197. The van der Waals surface area contributed by atoms with Crippen LogP contribution in [0.25, 0.3) is 0 Å². The number of hydrogen-bond donors (Lipinski definition) is 3. The number of alkyl carbamates (subject to hydrolysis) is 1. The van der Waals surface area contributed by atoms with Crippen molar-refractivity contribution in [3.05, 3.63) is 76.9 Å². The number of amides is 3. The van der Waals surface area contributed by atoms with Gasteiger partial charge >= 0.3 is 6.09 Å². The summed E-state index contributed by atoms with van der Waals surface area (Å²) < 4.78 is 17.1. The summed E-state index contributed by atoms with van der Waals surface area (Å²) in [6.45, 7) is 12.4. The molecular formula is C33H40ClN5O6. The lowest BCUT2D eigenvalue weighted by Gasteiger charge is -2.30. The second kappa shape index (κ2) is 14.6. The number of carbonyl (C=O) groups excluding carboxylic acids is 3. The van der Waals surface area contributed by atoms with Gasteiger partial charge in [0.1, 0.15) is 17.2 Å². The summed E-state index contributed by atoms with van der Waals surface area (Å²) >= 11 is 5.91. The highest BCUT2D eigenvalue weighted by atomic mass is 35.5. The number of halogens is 1. The number of rotatable bonds is 10. The first-order valence-corrected chi connectivity index (χ1v) is 15.1. The van der Waals surface area contributed by atoms with E-state index in [1.54, 1.807) is 63.2 Å². The monoisotopic (exact) mass is 637 g/mol. The van der Waals surface area contributed by atoms with Gasteiger partial charge in [-0.3, -0.25) is 9.59 Å². The Morgan fingerprint density at radius 1 is 0.933 bits per heavy atom. The van der Waals surface area contributed by atoms with Crippen LogP contribution < -0.4 is 25.6 Å². The molecule has 4 rings (SSSR count). The third-order valence-electron chi connectivity index (χ3n) is 6.70. The van der Waals surface area contributed by atoms with Gasteiger partial charge in [-0.25, -0.2) is 9.78 Å². The van der Waals surface area contributed by atoms with E-state index in [9.17, 15) is 14.4 Å². The molecular weight excluding hydrogens is 598 g/mol. The average Bonchev–Trinajstić information content (AvgIpc) is 3.00. The number of morpholine rings is 1. The summed E-state index contributed by atoms with van der Waals surface area (Å²) in [6, 6.07) is 15.3. The van der Waals surface area contributed by atoms with E-state index in [-0.39, 0.29) is 24.3 Å². The minimum atomic E-state index is -0.612. The Morgan fingerprint density at radius 2 is 1.64 bits per heavy atom. The van der Waals surface area contributed by atoms with Crippen molar-refractivity contribution in [3.8, 4) is 5.75 Å². The van der Waals surface area contributed by atoms with Crippen molar-refractivity contribution < 1.29 is 28.6 Å². The van der Waals surface area contributed by atoms with Crippen LogP contribution in [0.3, 0.4) is 0 Å². The second-order valence-corrected chi connectivity index (χ2v) is 12.8. The standard InChI is InChI=1S/C33H40ClN5O6/c1-32(2,3)45-31(42)36-20-33(4,5)21-44-27-18-23(39-14-16-43-17-15-39)11-12-25(27)30(41)37-26-9-7-6-8-24(26)29(40)38-28-13-10-22(34)19-35-28/h6-13,18-19H,14-17,20-21H2,1-5H3,(H,36,42)(H,37,41)(H,35,38,40). The average molecular weight is 638 g/mol. The van der Waals surface area contributed by atoms with E-state index in [4.69, 9.17) is 25.8 Å². The van der Waals surface area contributed by atoms with Gasteiger partial charge in [0.15, 0.2) is 0 Å². The number of pyridine rings is 1. The Kier molecular flexibility index (Phi) is 10.9. The van der Waals surface area contributed by atoms with Crippen molar-refractivity contribution >= 4 is 46.7 Å². The quantitative estimate of drug-likeness (QED) is 0.247. The topological polar surface area (TPSA) is 131 Å². The first-order valence-electron chi connectivity index (χ1n) is 14.7. The van der Waals surface area contributed by atoms with E-state index in [0.717, 1.165) is 5.69 Å². The Morgan fingerprint density at radius 3 is 2.33 bits per heavy atom. The molecule has 3 N–H and O–H groups in total. The third kappa shape index (κ3) is 10.1. The second-order valence-electron chi connectivity index (χ2n) is 12.4. The van der Waals surface area contributed by atoms with Gasteiger partial charge in [0.05, 0.1) is 41.7 Å². The molecule has 2 aromatic carbocycles. The Hall–Kier alpha value is -4.35. The van der Waals surface area contributed by atoms with E-state index in [1.807, 2.05) is 26.0 Å². The van der Waals surface area contributed by atoms with Gasteiger partial charge in [-0.2, -0.15) is 0 Å². The fourth-order valence-electron chi connectivity index (χ4n) is 4.40. The van der Waals surface area contributed by atoms with Gasteiger partial charge in [-0.15, -0.1) is 0 Å². The molecule has 240 valence electrons. The fourth-order valence-corrected chi connectivity index (χ4v) is 4.51. The van der Waals surface area contributed by atoms with E-state index in [2.05, 4.69) is 25.8 Å². The number of benzene rings is 2. The van der Waals surface area contributed by atoms with Crippen molar-refractivity contribution in [2.24, 2.45) is 5.41 Å². The number of carbonyl (C=O) groups is 3. The van der Waals surface area contributed by atoms with E-state index < -0.39 is 28.9 Å². The number of nitrogens with one attached hydrogen (secondary N) is 3. The minimum Gasteiger partial charge on any atom is -0.492 e. The summed E-state index contributed by atoms with van der Waals surface area (Å²) in [5.41, 5.74) is 0.643. The zero-order chi connectivity index (χ0) is 32.6. The molecule has 0 saturated carbocycles. The van der Waals surface area contributed by atoms with Gasteiger partial charge < -0.3 is 35.1 Å². The Balaban J connectivity index is 1.53. The summed E-state index contributed by atoms with van der Waals surface area (Å²) in [5, 5.41) is 8.84. The van der Waals surface area contributed by atoms with Crippen LogP contribution in [-0.2, 0) is 9.47 Å². The number of hydrogen-bond acceptors (Lipinski definition) is 8. The maximum Gasteiger partial charge on any atom is 0.407 e. The molecule has 0 atom stereocenters. The normalized spacial score (nSPS) is 13.5. The molecule has 1 aliphatic heterocycles. The molecule has 0 spiro atoms. The fraction of sp³-hybridized carbons (Fsp3) is 0.394. The molecule has 0 unspecified atom stereocenters. The molecule has 1 saturated heterocycles. The highest BCUT2D eigenvalue weighted by Gasteiger charge is 2.25. The van der Waals surface area contributed by atoms with E-state index in [1.165, 1.54) is 6.20 Å². The van der Waals surface area contributed by atoms with Crippen LogP contribution in [0.2, 0.25) is 5.02 Å². The molecule has 0 radical (unpaired) electrons. The molecule has 1 fully saturated rings. The van der Waals surface area contributed by atoms with Crippen LogP contribution >= 0.6 is 11.6 Å². The zero-order valence-corrected chi connectivity index (χ0v) is 27.0. The van der Waals surface area contributed by atoms with E-state index in [0.29, 0.717) is 48.6 Å². The zero-order valence-electron chi connectivity index (χ0n) is 26.2. The van der Waals surface area contributed by atoms with Gasteiger partial charge in [-0.05, 0) is 57.2 Å². The van der Waals surface area contributed by atoms with Crippen LogP contribution in [-0.4, -0.2) is 67.9 Å². The van der Waals surface area contributed by atoms with Crippen LogP contribution in [0.5, 0.6) is 5.75 Å². The van der Waals surface area contributed by atoms with Crippen LogP contribution in [0.15, 0.2) is 60.8 Å². The number of para-hydroxylation sites is 1. The summed E-state index contributed by atoms with van der Waals surface area (Å²) in [7, 11) is 0. The maximum absolute atomic E-state index is 13.7. The highest BCUT2D eigenvalue weighted by Crippen LogP contribution is 2.30. The molecule has 0 bridgehead atoms. The van der Waals surface area contributed by atoms with Crippen molar-refractivity contribution in [2.75, 3.05) is 55.0 Å². The predicted molar refractivity (Wildman–Crippen MR) is 175 cm³/mol. The van der Waals surface area contributed by atoms with E-state index >= 15 is 0 Å². The first-order chi connectivity index (χ1) is 21.3. The van der Waals surface area contributed by atoms with Gasteiger partial charge in [0, 0.05) is 43.0 Å². The van der Waals surface area contributed by atoms with Crippen molar-refractivity contribution in [1.82, 2.24) is 10.3 Å². The van der Waals surface area contributed by atoms with Crippen LogP contribution in [0, 0.1) is 5.41 Å². The molecule has 0 aliphatic carbocycles.